The van der Waals surface area contributed by atoms with Gasteiger partial charge in [-0.3, -0.25) is 14.4 Å². The van der Waals surface area contributed by atoms with Gasteiger partial charge in [0.25, 0.3) is 11.8 Å². The van der Waals surface area contributed by atoms with Crippen molar-refractivity contribution in [3.05, 3.63) is 71.0 Å². The van der Waals surface area contributed by atoms with Crippen LogP contribution in [0.25, 0.3) is 11.1 Å². The number of ketones is 1. The third-order valence-corrected chi connectivity index (χ3v) is 4.51. The topological polar surface area (TPSA) is 86.7 Å². The lowest BCUT2D eigenvalue weighted by Gasteiger charge is -2.09. The molecule has 3 rings (SSSR count). The third kappa shape index (κ3) is 3.89. The molecular weight excluding hydrogens is 344 g/mol. The molecule has 0 aliphatic carbocycles. The summed E-state index contributed by atoms with van der Waals surface area (Å²) in [4.78, 5) is 36.5. The number of carbonyl (C=O) groups is 3. The highest BCUT2D eigenvalue weighted by Gasteiger charge is 2.31. The largest absolute Gasteiger partial charge is 0.503 e. The van der Waals surface area contributed by atoms with Crippen LogP contribution in [0, 0.1) is 0 Å². The molecule has 0 spiro atoms. The van der Waals surface area contributed by atoms with Gasteiger partial charge in [0, 0.05) is 19.2 Å². The highest BCUT2D eigenvalue weighted by atomic mass is 16.3. The van der Waals surface area contributed by atoms with Crippen molar-refractivity contribution in [1.29, 1.82) is 0 Å². The Kier molecular flexibility index (Phi) is 5.07. The average molecular weight is 364 g/mol. The Morgan fingerprint density at radius 3 is 2.41 bits per heavy atom. The van der Waals surface area contributed by atoms with Crippen LogP contribution in [0.3, 0.4) is 0 Å². The van der Waals surface area contributed by atoms with Crippen molar-refractivity contribution in [2.75, 3.05) is 13.6 Å². The van der Waals surface area contributed by atoms with E-state index in [0.29, 0.717) is 5.56 Å². The fraction of sp³-hybridized carbons (Fsp3) is 0.190. The summed E-state index contributed by atoms with van der Waals surface area (Å²) in [6.07, 6.45) is 0. The number of hydrogen-bond acceptors (Lipinski definition) is 4. The number of likely N-dealkylation sites (N-methyl/N-ethyl adjacent to an activating group) is 1. The van der Waals surface area contributed by atoms with E-state index in [0.717, 1.165) is 16.7 Å². The van der Waals surface area contributed by atoms with Crippen LogP contribution in [0.15, 0.2) is 59.9 Å². The summed E-state index contributed by atoms with van der Waals surface area (Å²) in [6.45, 7) is 1.90. The minimum Gasteiger partial charge on any atom is -0.503 e. The number of aliphatic hydroxyl groups excluding tert-OH is 1. The molecule has 138 valence electrons. The molecule has 0 radical (unpaired) electrons. The second-order valence-corrected chi connectivity index (χ2v) is 6.50. The zero-order valence-electron chi connectivity index (χ0n) is 15.2. The van der Waals surface area contributed by atoms with Gasteiger partial charge >= 0.3 is 0 Å². The molecule has 27 heavy (non-hydrogen) atoms. The molecule has 0 fully saturated rings. The Morgan fingerprint density at radius 2 is 1.81 bits per heavy atom. The van der Waals surface area contributed by atoms with Crippen LogP contribution >= 0.6 is 0 Å². The predicted octanol–water partition coefficient (Wildman–Crippen LogP) is 2.46. The van der Waals surface area contributed by atoms with E-state index in [2.05, 4.69) is 5.32 Å². The van der Waals surface area contributed by atoms with Gasteiger partial charge in [-0.05, 0) is 29.7 Å². The van der Waals surface area contributed by atoms with Crippen LogP contribution in [0.1, 0.15) is 22.8 Å². The Balaban J connectivity index is 1.70. The third-order valence-electron chi connectivity index (χ3n) is 4.51. The van der Waals surface area contributed by atoms with Crippen molar-refractivity contribution in [3.8, 4) is 11.1 Å². The van der Waals surface area contributed by atoms with Crippen LogP contribution < -0.4 is 5.32 Å². The second-order valence-electron chi connectivity index (χ2n) is 6.50. The van der Waals surface area contributed by atoms with Crippen molar-refractivity contribution in [2.24, 2.45) is 0 Å². The van der Waals surface area contributed by atoms with Crippen LogP contribution in [-0.4, -0.2) is 41.2 Å². The van der Waals surface area contributed by atoms with E-state index in [1.807, 2.05) is 36.4 Å². The molecule has 1 aliphatic rings. The number of aliphatic hydroxyl groups is 1. The van der Waals surface area contributed by atoms with Crippen LogP contribution in [0.2, 0.25) is 0 Å². The summed E-state index contributed by atoms with van der Waals surface area (Å²) in [5.74, 6) is -1.47. The van der Waals surface area contributed by atoms with E-state index < -0.39 is 17.6 Å². The first kappa shape index (κ1) is 18.4. The van der Waals surface area contributed by atoms with Gasteiger partial charge in [0.05, 0.1) is 12.1 Å². The highest BCUT2D eigenvalue weighted by Crippen LogP contribution is 2.21. The number of benzene rings is 2. The van der Waals surface area contributed by atoms with Crippen molar-refractivity contribution in [3.63, 3.8) is 0 Å². The van der Waals surface area contributed by atoms with E-state index in [9.17, 15) is 19.5 Å². The average Bonchev–Trinajstić information content (AvgIpc) is 2.94. The standard InChI is InChI=1S/C21H20N2O4/c1-13(24)15-6-8-16(9-7-15)17-5-3-4-14(10-17)11-22-20(26)18-12-23(2)21(27)19(18)25/h3-10,25H,11-12H2,1-2H3,(H,22,26). The quantitative estimate of drug-likeness (QED) is 0.798. The zero-order valence-corrected chi connectivity index (χ0v) is 15.2. The van der Waals surface area contributed by atoms with Crippen molar-refractivity contribution in [1.82, 2.24) is 10.2 Å². The molecule has 2 N–H and O–H groups in total. The fourth-order valence-corrected chi connectivity index (χ4v) is 2.92. The minimum atomic E-state index is -0.545. The van der Waals surface area contributed by atoms with Crippen molar-refractivity contribution >= 4 is 17.6 Å². The molecule has 0 saturated heterocycles. The summed E-state index contributed by atoms with van der Waals surface area (Å²) in [5.41, 5.74) is 3.56. The molecule has 1 aliphatic heterocycles. The molecular formula is C21H20N2O4. The molecule has 0 aromatic heterocycles. The Labute approximate surface area is 157 Å². The molecule has 2 amide bonds. The molecule has 0 unspecified atom stereocenters. The zero-order chi connectivity index (χ0) is 19.6. The van der Waals surface area contributed by atoms with Crippen molar-refractivity contribution < 1.29 is 19.5 Å². The number of nitrogens with one attached hydrogen (secondary N) is 1. The summed E-state index contributed by atoms with van der Waals surface area (Å²) < 4.78 is 0. The molecule has 0 bridgehead atoms. The van der Waals surface area contributed by atoms with Gasteiger partial charge in [-0.2, -0.15) is 0 Å². The van der Waals surface area contributed by atoms with Crippen LogP contribution in [0.5, 0.6) is 0 Å². The molecule has 1 heterocycles. The van der Waals surface area contributed by atoms with Gasteiger partial charge in [-0.25, -0.2) is 0 Å². The van der Waals surface area contributed by atoms with Gasteiger partial charge in [0.1, 0.15) is 0 Å². The molecule has 0 saturated carbocycles. The lowest BCUT2D eigenvalue weighted by atomic mass is 10.0. The van der Waals surface area contributed by atoms with Gasteiger partial charge in [0.15, 0.2) is 11.5 Å². The smallest absolute Gasteiger partial charge is 0.289 e. The SMILES string of the molecule is CC(=O)c1ccc(-c2cccc(CNC(=O)C3=C(O)C(=O)N(C)C3)c2)cc1. The van der Waals surface area contributed by atoms with Crippen LogP contribution in [-0.2, 0) is 16.1 Å². The van der Waals surface area contributed by atoms with E-state index in [4.69, 9.17) is 0 Å². The Bertz CT molecular complexity index is 945. The Morgan fingerprint density at radius 1 is 1.11 bits per heavy atom. The molecule has 2 aromatic rings. The van der Waals surface area contributed by atoms with Crippen LogP contribution in [0.4, 0.5) is 0 Å². The monoisotopic (exact) mass is 364 g/mol. The highest BCUT2D eigenvalue weighted by molar-refractivity contribution is 6.06. The first-order valence-electron chi connectivity index (χ1n) is 8.53. The number of Topliss-reactive ketones (excluding diaryl/α,β-unsaturated/α-hetero) is 1. The molecule has 2 aromatic carbocycles. The van der Waals surface area contributed by atoms with E-state index >= 15 is 0 Å². The number of amides is 2. The maximum absolute atomic E-state index is 12.2. The van der Waals surface area contributed by atoms with Crippen molar-refractivity contribution in [2.45, 2.75) is 13.5 Å². The van der Waals surface area contributed by atoms with E-state index in [-0.39, 0.29) is 24.4 Å². The maximum Gasteiger partial charge on any atom is 0.289 e. The number of nitrogens with zero attached hydrogens (tertiary/aromatic N) is 1. The first-order valence-corrected chi connectivity index (χ1v) is 8.53. The lowest BCUT2D eigenvalue weighted by molar-refractivity contribution is -0.126. The maximum atomic E-state index is 12.2. The molecule has 0 atom stereocenters. The lowest BCUT2D eigenvalue weighted by Crippen LogP contribution is -2.27. The summed E-state index contributed by atoms with van der Waals surface area (Å²) in [7, 11) is 1.53. The first-order chi connectivity index (χ1) is 12.9. The summed E-state index contributed by atoms with van der Waals surface area (Å²) >= 11 is 0. The van der Waals surface area contributed by atoms with Gasteiger partial charge in [0.2, 0.25) is 0 Å². The minimum absolute atomic E-state index is 0.0200. The van der Waals surface area contributed by atoms with Gasteiger partial charge in [-0.15, -0.1) is 0 Å². The van der Waals surface area contributed by atoms with E-state index in [1.165, 1.54) is 18.9 Å². The summed E-state index contributed by atoms with van der Waals surface area (Å²) in [6, 6.07) is 15.0. The Hall–Kier alpha value is -3.41. The fourth-order valence-electron chi connectivity index (χ4n) is 2.92. The van der Waals surface area contributed by atoms with E-state index in [1.54, 1.807) is 12.1 Å². The number of rotatable bonds is 5. The number of carbonyl (C=O) groups excluding carboxylic acids is 3. The van der Waals surface area contributed by atoms with Gasteiger partial charge in [-0.1, -0.05) is 42.5 Å². The molecule has 6 heteroatoms. The predicted molar refractivity (Wildman–Crippen MR) is 101 cm³/mol. The normalized spacial score (nSPS) is 13.9. The van der Waals surface area contributed by atoms with Gasteiger partial charge < -0.3 is 15.3 Å². The molecule has 6 nitrogen and oxygen atoms in total. The second kappa shape index (κ2) is 7.45. The number of hydrogen-bond donors (Lipinski definition) is 2. The summed E-state index contributed by atoms with van der Waals surface area (Å²) in [5, 5.41) is 12.5.